The summed E-state index contributed by atoms with van der Waals surface area (Å²) in [4.78, 5) is 0.195. The van der Waals surface area contributed by atoms with Crippen LogP contribution in [-0.2, 0) is 0 Å². The first-order valence-electron chi connectivity index (χ1n) is 4.91. The molecular weight excluding hydrogens is 299 g/mol. The van der Waals surface area contributed by atoms with Gasteiger partial charge in [0.1, 0.15) is 17.2 Å². The monoisotopic (exact) mass is 311 g/mol. The van der Waals surface area contributed by atoms with Crippen LogP contribution in [0.15, 0.2) is 24.3 Å². The zero-order valence-corrected chi connectivity index (χ0v) is 11.0. The highest BCUT2D eigenvalue weighted by Crippen LogP contribution is 2.27. The first kappa shape index (κ1) is 14.2. The van der Waals surface area contributed by atoms with Crippen LogP contribution in [0.5, 0.6) is 5.75 Å². The second kappa shape index (κ2) is 5.62. The number of hydrogen-bond donors (Lipinski definition) is 0. The fourth-order valence-electron chi connectivity index (χ4n) is 1.12. The number of rotatable bonds is 4. The van der Waals surface area contributed by atoms with Gasteiger partial charge in [0.05, 0.1) is 0 Å². The molecule has 0 aliphatic heterocycles. The molecule has 0 spiro atoms. The smallest absolute Gasteiger partial charge is 0.404 e. The van der Waals surface area contributed by atoms with Gasteiger partial charge in [0.2, 0.25) is 0 Å². The minimum absolute atomic E-state index is 0.421. The van der Waals surface area contributed by atoms with Crippen LogP contribution in [0, 0.1) is 0 Å². The van der Waals surface area contributed by atoms with Gasteiger partial charge in [-0.3, -0.25) is 0 Å². The Kier molecular flexibility index (Phi) is 4.68. The van der Waals surface area contributed by atoms with Crippen LogP contribution in [0.2, 0.25) is 0 Å². The van der Waals surface area contributed by atoms with Crippen molar-refractivity contribution in [1.29, 1.82) is 0 Å². The molecule has 0 aliphatic rings. The van der Waals surface area contributed by atoms with Crippen molar-refractivity contribution in [2.24, 2.45) is 0 Å². The molecule has 0 fully saturated rings. The van der Waals surface area contributed by atoms with Crippen LogP contribution >= 0.6 is 15.9 Å². The van der Waals surface area contributed by atoms with E-state index in [4.69, 9.17) is 4.74 Å². The molecule has 1 aromatic carbocycles. The molecule has 1 atom stereocenters. The summed E-state index contributed by atoms with van der Waals surface area (Å²) in [6.45, 7) is -0.444. The Hall–Kier alpha value is -0.910. The standard InChI is InChI=1S/C11H13BrF3NO/c1-16(2)8-4-3-5-9(6-8)17-7-10(12)11(13,14)15/h3-6,10H,7H2,1-2H3. The number of nitrogens with zero attached hydrogens (tertiary/aromatic N) is 1. The molecule has 0 bridgehead atoms. The van der Waals surface area contributed by atoms with Crippen LogP contribution in [-0.4, -0.2) is 31.7 Å². The summed E-state index contributed by atoms with van der Waals surface area (Å²) < 4.78 is 41.8. The maximum Gasteiger partial charge on any atom is 0.404 e. The van der Waals surface area contributed by atoms with Crippen LogP contribution in [0.25, 0.3) is 0 Å². The van der Waals surface area contributed by atoms with E-state index in [0.717, 1.165) is 5.69 Å². The molecule has 1 rings (SSSR count). The highest BCUT2D eigenvalue weighted by molar-refractivity contribution is 9.09. The molecule has 0 saturated carbocycles. The van der Waals surface area contributed by atoms with E-state index in [9.17, 15) is 13.2 Å². The van der Waals surface area contributed by atoms with Crippen LogP contribution in [0.3, 0.4) is 0 Å². The van der Waals surface area contributed by atoms with Gasteiger partial charge in [0.15, 0.2) is 0 Å². The fraction of sp³-hybridized carbons (Fsp3) is 0.455. The van der Waals surface area contributed by atoms with Gasteiger partial charge in [0, 0.05) is 25.8 Å². The first-order valence-corrected chi connectivity index (χ1v) is 5.83. The number of benzene rings is 1. The van der Waals surface area contributed by atoms with Crippen LogP contribution in [0.1, 0.15) is 0 Å². The molecule has 0 heterocycles. The number of hydrogen-bond acceptors (Lipinski definition) is 2. The predicted molar refractivity (Wildman–Crippen MR) is 65.0 cm³/mol. The van der Waals surface area contributed by atoms with Crippen molar-refractivity contribution in [3.8, 4) is 5.75 Å². The zero-order valence-electron chi connectivity index (χ0n) is 9.46. The van der Waals surface area contributed by atoms with Crippen molar-refractivity contribution in [2.45, 2.75) is 11.0 Å². The summed E-state index contributed by atoms with van der Waals surface area (Å²) in [6, 6.07) is 6.91. The lowest BCUT2D eigenvalue weighted by atomic mass is 10.3. The van der Waals surface area contributed by atoms with E-state index in [-0.39, 0.29) is 0 Å². The van der Waals surface area contributed by atoms with Gasteiger partial charge in [-0.25, -0.2) is 0 Å². The van der Waals surface area contributed by atoms with E-state index in [1.807, 2.05) is 25.1 Å². The Labute approximate surface area is 106 Å². The van der Waals surface area contributed by atoms with Gasteiger partial charge in [0.25, 0.3) is 0 Å². The maximum atomic E-state index is 12.2. The molecule has 2 nitrogen and oxygen atoms in total. The molecular formula is C11H13BrF3NO. The summed E-state index contributed by atoms with van der Waals surface area (Å²) in [5.74, 6) is 0.421. The van der Waals surface area contributed by atoms with Crippen molar-refractivity contribution in [3.63, 3.8) is 0 Å². The highest BCUT2D eigenvalue weighted by atomic mass is 79.9. The molecule has 6 heteroatoms. The van der Waals surface area contributed by atoms with E-state index >= 15 is 0 Å². The van der Waals surface area contributed by atoms with Crippen molar-refractivity contribution in [2.75, 3.05) is 25.6 Å². The Morgan fingerprint density at radius 1 is 1.35 bits per heavy atom. The SMILES string of the molecule is CN(C)c1cccc(OCC(Br)C(F)(F)F)c1. The van der Waals surface area contributed by atoms with Crippen molar-refractivity contribution >= 4 is 21.6 Å². The molecule has 0 aromatic heterocycles. The number of ether oxygens (including phenoxy) is 1. The lowest BCUT2D eigenvalue weighted by molar-refractivity contribution is -0.132. The summed E-state index contributed by atoms with van der Waals surface area (Å²) in [5, 5.41) is 0. The maximum absolute atomic E-state index is 12.2. The zero-order chi connectivity index (χ0) is 13.1. The highest BCUT2D eigenvalue weighted by Gasteiger charge is 2.38. The summed E-state index contributed by atoms with van der Waals surface area (Å²) in [6.07, 6.45) is -4.29. The van der Waals surface area contributed by atoms with E-state index < -0.39 is 17.6 Å². The van der Waals surface area contributed by atoms with Crippen molar-refractivity contribution in [3.05, 3.63) is 24.3 Å². The summed E-state index contributed by atoms with van der Waals surface area (Å²) in [5.41, 5.74) is 0.876. The Bertz CT molecular complexity index is 368. The molecule has 0 saturated heterocycles. The molecule has 0 radical (unpaired) electrons. The fourth-order valence-corrected chi connectivity index (χ4v) is 1.25. The van der Waals surface area contributed by atoms with E-state index in [2.05, 4.69) is 15.9 Å². The Morgan fingerprint density at radius 2 is 2.00 bits per heavy atom. The summed E-state index contributed by atoms with van der Waals surface area (Å²) >= 11 is 2.54. The topological polar surface area (TPSA) is 12.5 Å². The van der Waals surface area contributed by atoms with Gasteiger partial charge in [-0.1, -0.05) is 22.0 Å². The second-order valence-corrected chi connectivity index (χ2v) is 4.82. The first-order chi connectivity index (χ1) is 7.80. The van der Waals surface area contributed by atoms with Gasteiger partial charge in [-0.15, -0.1) is 0 Å². The van der Waals surface area contributed by atoms with Gasteiger partial charge in [-0.2, -0.15) is 13.2 Å². The average molecular weight is 312 g/mol. The third-order valence-electron chi connectivity index (χ3n) is 2.09. The number of anilines is 1. The molecule has 96 valence electrons. The van der Waals surface area contributed by atoms with E-state index in [0.29, 0.717) is 5.75 Å². The number of alkyl halides is 4. The third-order valence-corrected chi connectivity index (χ3v) is 2.87. The van der Waals surface area contributed by atoms with E-state index in [1.165, 1.54) is 0 Å². The van der Waals surface area contributed by atoms with Gasteiger partial charge < -0.3 is 9.64 Å². The van der Waals surface area contributed by atoms with Crippen LogP contribution in [0.4, 0.5) is 18.9 Å². The van der Waals surface area contributed by atoms with Crippen molar-refractivity contribution < 1.29 is 17.9 Å². The number of halogens is 4. The largest absolute Gasteiger partial charge is 0.492 e. The molecule has 0 aliphatic carbocycles. The Morgan fingerprint density at radius 3 is 2.53 bits per heavy atom. The average Bonchev–Trinajstić information content (AvgIpc) is 2.25. The molecule has 1 aromatic rings. The molecule has 17 heavy (non-hydrogen) atoms. The second-order valence-electron chi connectivity index (χ2n) is 3.71. The lowest BCUT2D eigenvalue weighted by Crippen LogP contribution is -2.28. The quantitative estimate of drug-likeness (QED) is 0.790. The Balaban J connectivity index is 2.61. The molecule has 1 unspecified atom stereocenters. The molecule has 0 amide bonds. The molecule has 0 N–H and O–H groups in total. The van der Waals surface area contributed by atoms with Gasteiger partial charge >= 0.3 is 6.18 Å². The predicted octanol–water partition coefficient (Wildman–Crippen LogP) is 3.46. The minimum atomic E-state index is -4.29. The minimum Gasteiger partial charge on any atom is -0.492 e. The summed E-state index contributed by atoms with van der Waals surface area (Å²) in [7, 11) is 3.70. The lowest BCUT2D eigenvalue weighted by Gasteiger charge is -2.17. The van der Waals surface area contributed by atoms with Crippen molar-refractivity contribution in [1.82, 2.24) is 0 Å². The third kappa shape index (κ3) is 4.46. The van der Waals surface area contributed by atoms with Crippen LogP contribution < -0.4 is 9.64 Å². The normalized spacial score (nSPS) is 13.3. The van der Waals surface area contributed by atoms with Gasteiger partial charge in [-0.05, 0) is 12.1 Å². The van der Waals surface area contributed by atoms with E-state index in [1.54, 1.807) is 18.2 Å².